The molecule has 5 atom stereocenters. The van der Waals surface area contributed by atoms with Crippen LogP contribution in [0.2, 0.25) is 5.02 Å². The van der Waals surface area contributed by atoms with Crippen molar-refractivity contribution in [3.05, 3.63) is 136 Å². The molecule has 0 bridgehead atoms. The van der Waals surface area contributed by atoms with Gasteiger partial charge in [-0.2, -0.15) is 0 Å². The van der Waals surface area contributed by atoms with Crippen molar-refractivity contribution in [3.63, 3.8) is 0 Å². The van der Waals surface area contributed by atoms with Crippen LogP contribution in [0.25, 0.3) is 11.3 Å². The minimum atomic E-state index is -1.20. The number of likely N-dealkylation sites (N-methyl/N-ethyl adjacent to an activating group) is 2. The smallest absolute Gasteiger partial charge is 0.304 e. The maximum absolute atomic E-state index is 14.4. The summed E-state index contributed by atoms with van der Waals surface area (Å²) in [6.07, 6.45) is 4.90. The Morgan fingerprint density at radius 1 is 0.855 bits per heavy atom. The minimum Gasteiger partial charge on any atom is -0.481 e. The highest BCUT2D eigenvalue weighted by Crippen LogP contribution is 2.30. The van der Waals surface area contributed by atoms with Gasteiger partial charge in [0.1, 0.15) is 23.4 Å². The molecule has 1 fully saturated rings. The van der Waals surface area contributed by atoms with E-state index in [1.165, 1.54) is 29.8 Å². The highest BCUT2D eigenvalue weighted by Gasteiger charge is 2.33. The lowest BCUT2D eigenvalue weighted by Gasteiger charge is -2.32. The van der Waals surface area contributed by atoms with Crippen LogP contribution in [0, 0.1) is 5.92 Å². The van der Waals surface area contributed by atoms with Crippen molar-refractivity contribution in [1.82, 2.24) is 40.2 Å². The summed E-state index contributed by atoms with van der Waals surface area (Å²) in [7, 11) is 6.57. The van der Waals surface area contributed by atoms with Gasteiger partial charge in [-0.15, -0.1) is 0 Å². The molecule has 1 aliphatic heterocycles. The molecule has 408 valence electrons. The molecule has 4 aromatic carbocycles. The van der Waals surface area contributed by atoms with Gasteiger partial charge in [-0.05, 0) is 118 Å². The molecule has 4 N–H and O–H groups in total. The van der Waals surface area contributed by atoms with E-state index in [1.54, 1.807) is 45.3 Å². The van der Waals surface area contributed by atoms with Crippen LogP contribution in [0.5, 0.6) is 11.5 Å². The van der Waals surface area contributed by atoms with Crippen molar-refractivity contribution < 1.29 is 42.9 Å². The van der Waals surface area contributed by atoms with Crippen molar-refractivity contribution in [1.29, 1.82) is 0 Å². The molecular weight excluding hydrogens is 991 g/mol. The number of carbonyl (C=O) groups excluding carboxylic acids is 4. The lowest BCUT2D eigenvalue weighted by Crippen LogP contribution is -2.56. The molecule has 0 radical (unpaired) electrons. The molecule has 1 saturated heterocycles. The number of carboxylic acid groups (broad SMARTS) is 1. The van der Waals surface area contributed by atoms with Gasteiger partial charge in [0, 0.05) is 76.0 Å². The van der Waals surface area contributed by atoms with E-state index in [0.29, 0.717) is 16.5 Å². The lowest BCUT2D eigenvalue weighted by atomic mass is 9.94. The SMILES string of the molecule is CCc1ccc(CN[C@@H](CCF)C(=O)N[C@@H](COC)C(=O)N(C)[C@H](CC(=O)NC[C@H](C)N(C)C(=O)[C@@H](CC(=O)O)Cc2ccccc2)Cc2ccc(Cl)cc2)c(Oc2ccc(-c3cnc(CN4CCCC4)n3C)cc2)c1. The first kappa shape index (κ1) is 58.6. The molecule has 2 heterocycles. The zero-order chi connectivity index (χ0) is 54.7. The highest BCUT2D eigenvalue weighted by molar-refractivity contribution is 6.30. The van der Waals surface area contributed by atoms with Crippen molar-refractivity contribution >= 4 is 41.2 Å². The highest BCUT2D eigenvalue weighted by atomic mass is 35.5. The third-order valence-electron chi connectivity index (χ3n) is 14.2. The zero-order valence-electron chi connectivity index (χ0n) is 44.6. The molecule has 4 amide bonds. The number of alkyl halides is 1. The molecule has 0 aliphatic carbocycles. The first-order valence-electron chi connectivity index (χ1n) is 26.1. The summed E-state index contributed by atoms with van der Waals surface area (Å²) in [4.78, 5) is 77.6. The molecule has 18 heteroatoms. The van der Waals surface area contributed by atoms with E-state index in [1.807, 2.05) is 93.0 Å². The number of ether oxygens (including phenoxy) is 2. The number of halogens is 2. The van der Waals surface area contributed by atoms with E-state index in [-0.39, 0.29) is 57.7 Å². The van der Waals surface area contributed by atoms with Gasteiger partial charge in [-0.25, -0.2) is 4.98 Å². The number of aromatic nitrogens is 2. The summed E-state index contributed by atoms with van der Waals surface area (Å²) in [5.74, 6) is -1.61. The van der Waals surface area contributed by atoms with Crippen molar-refractivity contribution in [2.75, 3.05) is 54.1 Å². The van der Waals surface area contributed by atoms with Crippen LogP contribution in [0.3, 0.4) is 0 Å². The van der Waals surface area contributed by atoms with Crippen molar-refractivity contribution in [2.45, 2.75) is 102 Å². The molecule has 1 aromatic heterocycles. The predicted octanol–water partition coefficient (Wildman–Crippen LogP) is 7.40. The number of imidazole rings is 1. The summed E-state index contributed by atoms with van der Waals surface area (Å²) < 4.78 is 28.3. The Morgan fingerprint density at radius 3 is 2.20 bits per heavy atom. The van der Waals surface area contributed by atoms with E-state index >= 15 is 0 Å². The van der Waals surface area contributed by atoms with Gasteiger partial charge < -0.3 is 44.9 Å². The van der Waals surface area contributed by atoms with Crippen LogP contribution in [-0.4, -0.2) is 137 Å². The van der Waals surface area contributed by atoms with Crippen molar-refractivity contribution in [3.8, 4) is 22.8 Å². The Labute approximate surface area is 451 Å². The Balaban J connectivity index is 1.10. The maximum atomic E-state index is 14.4. The van der Waals surface area contributed by atoms with E-state index in [0.717, 1.165) is 65.4 Å². The summed E-state index contributed by atoms with van der Waals surface area (Å²) in [6.45, 7) is 5.98. The van der Waals surface area contributed by atoms with Crippen LogP contribution >= 0.6 is 11.6 Å². The fourth-order valence-corrected chi connectivity index (χ4v) is 9.50. The number of carbonyl (C=O) groups is 5. The third kappa shape index (κ3) is 16.9. The van der Waals surface area contributed by atoms with Gasteiger partial charge in [0.15, 0.2) is 0 Å². The fourth-order valence-electron chi connectivity index (χ4n) is 9.38. The number of benzene rings is 4. The van der Waals surface area contributed by atoms with Gasteiger partial charge in [0.25, 0.3) is 0 Å². The van der Waals surface area contributed by atoms with Crippen molar-refractivity contribution in [2.24, 2.45) is 13.0 Å². The van der Waals surface area contributed by atoms with Gasteiger partial charge in [-0.1, -0.05) is 73.1 Å². The minimum absolute atomic E-state index is 0.0545. The number of rotatable bonds is 29. The monoisotopic (exact) mass is 1060 g/mol. The quantitative estimate of drug-likeness (QED) is 0.0374. The Kier molecular flexibility index (Phi) is 22.4. The Morgan fingerprint density at radius 2 is 1.54 bits per heavy atom. The first-order chi connectivity index (χ1) is 36.6. The molecule has 5 aromatic rings. The molecule has 0 saturated carbocycles. The van der Waals surface area contributed by atoms with Gasteiger partial charge >= 0.3 is 5.97 Å². The summed E-state index contributed by atoms with van der Waals surface area (Å²) in [6, 6.07) is 26.4. The number of likely N-dealkylation sites (tertiary alicyclic amines) is 1. The van der Waals surface area contributed by atoms with Crippen LogP contribution in [-0.2, 0) is 68.1 Å². The predicted molar refractivity (Wildman–Crippen MR) is 292 cm³/mol. The number of hydrogen-bond donors (Lipinski definition) is 4. The first-order valence-corrected chi connectivity index (χ1v) is 26.5. The number of carboxylic acids is 1. The Bertz CT molecular complexity index is 2690. The Hall–Kier alpha value is -6.66. The second kappa shape index (κ2) is 29.0. The van der Waals surface area contributed by atoms with E-state index in [9.17, 15) is 33.5 Å². The van der Waals surface area contributed by atoms with E-state index in [2.05, 4.69) is 25.4 Å². The average molecular weight is 1070 g/mol. The number of methoxy groups -OCH3 is 1. The van der Waals surface area contributed by atoms with Crippen LogP contribution in [0.4, 0.5) is 4.39 Å². The van der Waals surface area contributed by atoms with Gasteiger partial charge in [0.05, 0.1) is 50.1 Å². The standard InChI is InChI=1S/C58H74ClFN8O8/c1-7-40-15-18-44(52(31-40)76-48-23-19-43(20-24-48)51-36-62-53(67(51)5)37-68-27-11-12-28-68)35-61-49(25-26-60)56(72)64-50(38-75-6)58(74)66(4)47(30-42-16-21-46(59)22-17-42)33-54(69)63-34-39(2)65(3)57(73)45(32-55(70)71)29-41-13-9-8-10-14-41/h8-10,13-24,31,36,39,45,47,49-50,61H,7,11-12,25-30,32-35,37-38H2,1-6H3,(H,63,69)(H,64,72)(H,70,71)/t39-,45+,47-,49-,50-/m0/s1. The molecule has 0 unspecified atom stereocenters. The van der Waals surface area contributed by atoms with Gasteiger partial charge in [0.2, 0.25) is 23.6 Å². The number of amides is 4. The van der Waals surface area contributed by atoms with Gasteiger partial charge in [-0.3, -0.25) is 33.3 Å². The molecule has 0 spiro atoms. The zero-order valence-corrected chi connectivity index (χ0v) is 45.4. The number of nitrogens with one attached hydrogen (secondary N) is 3. The number of hydrogen-bond acceptors (Lipinski definition) is 10. The molecule has 6 rings (SSSR count). The number of aliphatic carboxylic acids is 1. The summed E-state index contributed by atoms with van der Waals surface area (Å²) in [5.41, 5.74) is 5.42. The van der Waals surface area contributed by atoms with Crippen LogP contribution in [0.15, 0.2) is 103 Å². The lowest BCUT2D eigenvalue weighted by molar-refractivity contribution is -0.144. The second-order valence-corrected chi connectivity index (χ2v) is 20.1. The second-order valence-electron chi connectivity index (χ2n) is 19.7. The number of aryl methyl sites for hydroxylation is 1. The molecule has 16 nitrogen and oxygen atoms in total. The third-order valence-corrected chi connectivity index (χ3v) is 14.4. The fraction of sp³-hybridized carbons (Fsp3) is 0.448. The number of nitrogens with zero attached hydrogens (tertiary/aromatic N) is 5. The molecule has 1 aliphatic rings. The van der Waals surface area contributed by atoms with Crippen LogP contribution in [0.1, 0.15) is 74.0 Å². The van der Waals surface area contributed by atoms with E-state index in [4.69, 9.17) is 26.1 Å². The molecule has 76 heavy (non-hydrogen) atoms. The average Bonchev–Trinajstić information content (AvgIpc) is 4.08. The van der Waals surface area contributed by atoms with E-state index < -0.39 is 60.5 Å². The maximum Gasteiger partial charge on any atom is 0.304 e. The topological polar surface area (TPSA) is 188 Å². The molecular formula is C58H74ClFN8O8. The summed E-state index contributed by atoms with van der Waals surface area (Å²) >= 11 is 6.20. The largest absolute Gasteiger partial charge is 0.481 e. The summed E-state index contributed by atoms with van der Waals surface area (Å²) in [5, 5.41) is 19.0. The van der Waals surface area contributed by atoms with Crippen LogP contribution < -0.4 is 20.7 Å². The normalized spacial score (nSPS) is 14.5.